The highest BCUT2D eigenvalue weighted by Gasteiger charge is 2.44. The second-order valence-electron chi connectivity index (χ2n) is 5.75. The van der Waals surface area contributed by atoms with Crippen LogP contribution in [-0.4, -0.2) is 30.4 Å². The third kappa shape index (κ3) is 2.17. The van der Waals surface area contributed by atoms with Gasteiger partial charge in [-0.3, -0.25) is 0 Å². The van der Waals surface area contributed by atoms with Crippen molar-refractivity contribution < 1.29 is 13.5 Å². The van der Waals surface area contributed by atoms with Crippen LogP contribution in [0.25, 0.3) is 0 Å². The molecular weight excluding hydrogens is 298 g/mol. The van der Waals surface area contributed by atoms with E-state index >= 15 is 0 Å². The molecule has 0 radical (unpaired) electrons. The first-order valence-corrected chi connectivity index (χ1v) is 8.67. The van der Waals surface area contributed by atoms with E-state index in [0.717, 1.165) is 19.3 Å². The number of sulfonamides is 1. The van der Waals surface area contributed by atoms with Gasteiger partial charge in [0.15, 0.2) is 0 Å². The summed E-state index contributed by atoms with van der Waals surface area (Å²) in [6, 6.07) is 3.25. The fraction of sp³-hybridized carbons (Fsp3) is 0.571. The maximum atomic E-state index is 12.9. The zero-order chi connectivity index (χ0) is 14.5. The van der Waals surface area contributed by atoms with Gasteiger partial charge in [-0.15, -0.1) is 0 Å². The molecule has 1 aromatic carbocycles. The van der Waals surface area contributed by atoms with Gasteiger partial charge in [-0.05, 0) is 55.4 Å². The van der Waals surface area contributed by atoms with Gasteiger partial charge in [0.1, 0.15) is 0 Å². The quantitative estimate of drug-likeness (QED) is 0.931. The Balaban J connectivity index is 2.06. The van der Waals surface area contributed by atoms with Gasteiger partial charge in [-0.1, -0.05) is 11.6 Å². The zero-order valence-corrected chi connectivity index (χ0v) is 12.9. The first-order chi connectivity index (χ1) is 9.43. The Morgan fingerprint density at radius 3 is 2.70 bits per heavy atom. The Labute approximate surface area is 124 Å². The van der Waals surface area contributed by atoms with Crippen molar-refractivity contribution in [3.8, 4) is 0 Å². The Morgan fingerprint density at radius 2 is 2.15 bits per heavy atom. The summed E-state index contributed by atoms with van der Waals surface area (Å²) >= 11 is 6.00. The van der Waals surface area contributed by atoms with Gasteiger partial charge in [0.05, 0.1) is 11.5 Å². The van der Waals surface area contributed by atoms with Crippen LogP contribution in [0.4, 0.5) is 0 Å². The van der Waals surface area contributed by atoms with E-state index < -0.39 is 10.0 Å². The van der Waals surface area contributed by atoms with Crippen LogP contribution in [0, 0.1) is 12.8 Å². The van der Waals surface area contributed by atoms with Crippen LogP contribution in [0.15, 0.2) is 17.0 Å². The lowest BCUT2D eigenvalue weighted by Crippen LogP contribution is -2.38. The number of halogens is 1. The van der Waals surface area contributed by atoms with E-state index in [1.54, 1.807) is 17.3 Å². The maximum Gasteiger partial charge on any atom is 0.243 e. The number of hydrogen-bond acceptors (Lipinski definition) is 3. The molecular formula is C14H18ClNO3S. The van der Waals surface area contributed by atoms with E-state index in [4.69, 9.17) is 11.6 Å². The molecule has 2 bridgehead atoms. The number of aliphatic hydroxyl groups is 1. The van der Waals surface area contributed by atoms with Gasteiger partial charge in [-0.2, -0.15) is 4.31 Å². The fourth-order valence-electron chi connectivity index (χ4n) is 3.44. The van der Waals surface area contributed by atoms with E-state index in [0.29, 0.717) is 28.6 Å². The van der Waals surface area contributed by atoms with Crippen LogP contribution >= 0.6 is 11.6 Å². The van der Waals surface area contributed by atoms with Crippen LogP contribution < -0.4 is 0 Å². The van der Waals surface area contributed by atoms with Crippen molar-refractivity contribution in [1.29, 1.82) is 0 Å². The molecule has 1 aliphatic carbocycles. The molecule has 2 unspecified atom stereocenters. The van der Waals surface area contributed by atoms with E-state index in [1.807, 2.05) is 0 Å². The highest BCUT2D eigenvalue weighted by atomic mass is 35.5. The molecule has 1 aromatic rings. The lowest BCUT2D eigenvalue weighted by Gasteiger charge is -2.27. The highest BCUT2D eigenvalue weighted by molar-refractivity contribution is 7.89. The molecule has 0 aromatic heterocycles. The average Bonchev–Trinajstić information content (AvgIpc) is 3.03. The van der Waals surface area contributed by atoms with E-state index in [9.17, 15) is 13.5 Å². The minimum Gasteiger partial charge on any atom is -0.392 e. The minimum atomic E-state index is -3.52. The van der Waals surface area contributed by atoms with Crippen molar-refractivity contribution in [1.82, 2.24) is 4.31 Å². The average molecular weight is 316 g/mol. The molecule has 2 aliphatic rings. The van der Waals surface area contributed by atoms with E-state index in [1.165, 1.54) is 6.07 Å². The van der Waals surface area contributed by atoms with E-state index in [-0.39, 0.29) is 17.5 Å². The smallest absolute Gasteiger partial charge is 0.243 e. The Bertz CT molecular complexity index is 644. The van der Waals surface area contributed by atoms with Crippen LogP contribution in [0.5, 0.6) is 0 Å². The molecule has 4 nitrogen and oxygen atoms in total. The Kier molecular flexibility index (Phi) is 3.57. The number of hydrogen-bond donors (Lipinski definition) is 1. The second kappa shape index (κ2) is 4.98. The summed E-state index contributed by atoms with van der Waals surface area (Å²) in [6.45, 7) is 2.14. The number of benzene rings is 1. The third-order valence-corrected chi connectivity index (χ3v) is 6.81. The van der Waals surface area contributed by atoms with Crippen LogP contribution in [-0.2, 0) is 16.6 Å². The predicted octanol–water partition coefficient (Wildman–Crippen LogP) is 2.31. The number of rotatable bonds is 3. The van der Waals surface area contributed by atoms with Crippen LogP contribution in [0.2, 0.25) is 5.02 Å². The molecule has 1 N–H and O–H groups in total. The van der Waals surface area contributed by atoms with Crippen LogP contribution in [0.3, 0.4) is 0 Å². The summed E-state index contributed by atoms with van der Waals surface area (Å²) in [7, 11) is -3.52. The molecule has 1 heterocycles. The number of aliphatic hydroxyl groups excluding tert-OH is 1. The number of fused-ring (bicyclic) bond motifs is 2. The van der Waals surface area contributed by atoms with Crippen molar-refractivity contribution >= 4 is 21.6 Å². The molecule has 0 amide bonds. The molecule has 3 rings (SSSR count). The summed E-state index contributed by atoms with van der Waals surface area (Å²) < 4.78 is 27.3. The van der Waals surface area contributed by atoms with Gasteiger partial charge >= 0.3 is 0 Å². The Morgan fingerprint density at radius 1 is 1.40 bits per heavy atom. The lowest BCUT2D eigenvalue weighted by molar-refractivity contribution is 0.280. The molecule has 2 atom stereocenters. The van der Waals surface area contributed by atoms with Gasteiger partial charge in [0.25, 0.3) is 0 Å². The first kappa shape index (κ1) is 14.3. The summed E-state index contributed by atoms with van der Waals surface area (Å²) in [4.78, 5) is 0.238. The molecule has 1 saturated carbocycles. The molecule has 1 saturated heterocycles. The van der Waals surface area contributed by atoms with Crippen molar-refractivity contribution in [2.24, 2.45) is 5.92 Å². The molecule has 20 heavy (non-hydrogen) atoms. The van der Waals surface area contributed by atoms with Crippen molar-refractivity contribution in [3.05, 3.63) is 28.3 Å². The van der Waals surface area contributed by atoms with Gasteiger partial charge in [0.2, 0.25) is 10.0 Å². The topological polar surface area (TPSA) is 57.6 Å². The van der Waals surface area contributed by atoms with Gasteiger partial charge in [0, 0.05) is 17.6 Å². The third-order valence-electron chi connectivity index (χ3n) is 4.55. The summed E-state index contributed by atoms with van der Waals surface area (Å²) in [6.07, 6.45) is 3.06. The largest absolute Gasteiger partial charge is 0.392 e. The van der Waals surface area contributed by atoms with Crippen molar-refractivity contribution in [3.63, 3.8) is 0 Å². The fourth-order valence-corrected chi connectivity index (χ4v) is 5.78. The second-order valence-corrected chi connectivity index (χ2v) is 8.05. The molecule has 2 fully saturated rings. The van der Waals surface area contributed by atoms with E-state index in [2.05, 4.69) is 0 Å². The number of nitrogens with zero attached hydrogens (tertiary/aromatic N) is 1. The zero-order valence-electron chi connectivity index (χ0n) is 11.3. The normalized spacial score (nSPS) is 26.4. The molecule has 110 valence electrons. The maximum absolute atomic E-state index is 12.9. The number of piperidine rings is 1. The summed E-state index contributed by atoms with van der Waals surface area (Å²) in [5.74, 6) is 0.506. The van der Waals surface area contributed by atoms with Gasteiger partial charge < -0.3 is 5.11 Å². The van der Waals surface area contributed by atoms with Gasteiger partial charge in [-0.25, -0.2) is 8.42 Å². The Hall–Kier alpha value is -0.620. The highest BCUT2D eigenvalue weighted by Crippen LogP contribution is 2.41. The minimum absolute atomic E-state index is 0.140. The van der Waals surface area contributed by atoms with Crippen molar-refractivity contribution in [2.75, 3.05) is 6.54 Å². The standard InChI is InChI=1S/C14H18ClNO3S/c1-9-11(8-17)5-12(15)6-14(9)20(18,19)16-7-10-2-3-13(16)4-10/h5-6,10,13,17H,2-4,7-8H2,1H3. The molecule has 6 heteroatoms. The van der Waals surface area contributed by atoms with Crippen LogP contribution in [0.1, 0.15) is 30.4 Å². The summed E-state index contributed by atoms with van der Waals surface area (Å²) in [5.41, 5.74) is 1.17. The monoisotopic (exact) mass is 315 g/mol. The summed E-state index contributed by atoms with van der Waals surface area (Å²) in [5, 5.41) is 9.69. The molecule has 1 aliphatic heterocycles. The SMILES string of the molecule is Cc1c(CO)cc(Cl)cc1S(=O)(=O)N1CC2CCC1C2. The predicted molar refractivity (Wildman–Crippen MR) is 77.1 cm³/mol. The first-order valence-electron chi connectivity index (χ1n) is 6.85. The lowest BCUT2D eigenvalue weighted by atomic mass is 10.1. The molecule has 0 spiro atoms. The van der Waals surface area contributed by atoms with Crippen molar-refractivity contribution in [2.45, 2.75) is 43.7 Å².